The Hall–Kier alpha value is -2.18. The largest absolute Gasteiger partial charge is 0.346 e. The zero-order valence-corrected chi connectivity index (χ0v) is 17.5. The van der Waals surface area contributed by atoms with Gasteiger partial charge in [-0.15, -0.1) is 0 Å². The molecule has 0 saturated carbocycles. The molecule has 1 unspecified atom stereocenters. The molecule has 1 aromatic carbocycles. The summed E-state index contributed by atoms with van der Waals surface area (Å²) in [7, 11) is 0. The van der Waals surface area contributed by atoms with E-state index in [2.05, 4.69) is 32.4 Å². The number of nitrogens with one attached hydrogen (secondary N) is 2. The summed E-state index contributed by atoms with van der Waals surface area (Å²) in [6.07, 6.45) is 4.43. The van der Waals surface area contributed by atoms with Crippen molar-refractivity contribution < 1.29 is 9.59 Å². The molecule has 0 spiro atoms. The number of thiophene rings is 1. The van der Waals surface area contributed by atoms with Crippen molar-refractivity contribution in [3.63, 3.8) is 0 Å². The first-order valence-corrected chi connectivity index (χ1v) is 11.0. The molecule has 1 atom stereocenters. The molecule has 28 heavy (non-hydrogen) atoms. The van der Waals surface area contributed by atoms with Crippen LogP contribution in [-0.4, -0.2) is 36.3 Å². The van der Waals surface area contributed by atoms with E-state index in [1.165, 1.54) is 24.8 Å². The van der Waals surface area contributed by atoms with Crippen molar-refractivity contribution >= 4 is 28.8 Å². The smallest absolute Gasteiger partial charge is 0.313 e. The number of amides is 2. The summed E-state index contributed by atoms with van der Waals surface area (Å²) in [5.74, 6) is -1.19. The van der Waals surface area contributed by atoms with Crippen LogP contribution in [0.25, 0.3) is 0 Å². The van der Waals surface area contributed by atoms with E-state index < -0.39 is 11.8 Å². The van der Waals surface area contributed by atoms with Crippen LogP contribution in [0.5, 0.6) is 0 Å². The third-order valence-electron chi connectivity index (χ3n) is 5.40. The molecule has 2 amide bonds. The van der Waals surface area contributed by atoms with Crippen molar-refractivity contribution in [3.05, 3.63) is 51.7 Å². The van der Waals surface area contributed by atoms with Gasteiger partial charge in [0.15, 0.2) is 0 Å². The van der Waals surface area contributed by atoms with Crippen LogP contribution in [0.4, 0.5) is 5.69 Å². The lowest BCUT2D eigenvalue weighted by Crippen LogP contribution is -2.43. The predicted octanol–water partition coefficient (Wildman–Crippen LogP) is 3.90. The Bertz CT molecular complexity index is 798. The maximum atomic E-state index is 12.5. The van der Waals surface area contributed by atoms with E-state index in [0.29, 0.717) is 6.54 Å². The van der Waals surface area contributed by atoms with E-state index in [9.17, 15) is 9.59 Å². The summed E-state index contributed by atoms with van der Waals surface area (Å²) in [6, 6.07) is 8.11. The number of para-hydroxylation sites is 1. The molecule has 150 valence electrons. The molecule has 2 N–H and O–H groups in total. The average molecular weight is 400 g/mol. The second kappa shape index (κ2) is 9.85. The molecule has 0 aliphatic carbocycles. The van der Waals surface area contributed by atoms with Crippen LogP contribution in [0.2, 0.25) is 0 Å². The first-order valence-electron chi connectivity index (χ1n) is 10.0. The minimum absolute atomic E-state index is 0.118. The van der Waals surface area contributed by atoms with Gasteiger partial charge in [0.05, 0.1) is 6.04 Å². The zero-order valence-electron chi connectivity index (χ0n) is 16.7. The number of nitrogens with zero attached hydrogens (tertiary/aromatic N) is 1. The number of hydrogen-bond acceptors (Lipinski definition) is 4. The SMILES string of the molecule is CCc1cccc(C)c1NC(=O)C(=O)NCC(c1ccsc1)N1CCCCC1. The highest BCUT2D eigenvalue weighted by molar-refractivity contribution is 7.08. The van der Waals surface area contributed by atoms with Gasteiger partial charge >= 0.3 is 11.8 Å². The average Bonchev–Trinajstić information content (AvgIpc) is 3.24. The summed E-state index contributed by atoms with van der Waals surface area (Å²) in [5.41, 5.74) is 3.95. The number of carbonyl (C=O) groups excluding carboxylic acids is 2. The third kappa shape index (κ3) is 5.00. The van der Waals surface area contributed by atoms with Gasteiger partial charge in [-0.25, -0.2) is 0 Å². The molecule has 1 fully saturated rings. The van der Waals surface area contributed by atoms with E-state index in [1.54, 1.807) is 11.3 Å². The number of rotatable bonds is 6. The second-order valence-electron chi connectivity index (χ2n) is 7.30. The molecular formula is C22H29N3O2S. The van der Waals surface area contributed by atoms with Gasteiger partial charge in [-0.3, -0.25) is 14.5 Å². The molecule has 3 rings (SSSR count). The van der Waals surface area contributed by atoms with Gasteiger partial charge < -0.3 is 10.6 Å². The van der Waals surface area contributed by atoms with E-state index in [1.807, 2.05) is 32.0 Å². The highest BCUT2D eigenvalue weighted by atomic mass is 32.1. The van der Waals surface area contributed by atoms with E-state index in [0.717, 1.165) is 36.3 Å². The number of carbonyl (C=O) groups is 2. The Morgan fingerprint density at radius 3 is 2.61 bits per heavy atom. The number of anilines is 1. The molecule has 0 radical (unpaired) electrons. The molecule has 2 heterocycles. The van der Waals surface area contributed by atoms with Crippen molar-refractivity contribution in [2.45, 2.75) is 45.6 Å². The first kappa shape index (κ1) is 20.6. The van der Waals surface area contributed by atoms with Crippen LogP contribution in [0, 0.1) is 6.92 Å². The van der Waals surface area contributed by atoms with Crippen LogP contribution < -0.4 is 10.6 Å². The maximum absolute atomic E-state index is 12.5. The molecule has 2 aromatic rings. The van der Waals surface area contributed by atoms with Gasteiger partial charge in [0.1, 0.15) is 0 Å². The van der Waals surface area contributed by atoms with Crippen LogP contribution >= 0.6 is 11.3 Å². The Kier molecular flexibility index (Phi) is 7.23. The normalized spacial score (nSPS) is 15.8. The first-order chi connectivity index (χ1) is 13.6. The van der Waals surface area contributed by atoms with E-state index in [-0.39, 0.29) is 6.04 Å². The van der Waals surface area contributed by atoms with Crippen LogP contribution in [0.3, 0.4) is 0 Å². The van der Waals surface area contributed by atoms with Crippen molar-refractivity contribution in [1.82, 2.24) is 10.2 Å². The Morgan fingerprint density at radius 1 is 1.14 bits per heavy atom. The Morgan fingerprint density at radius 2 is 1.93 bits per heavy atom. The number of hydrogen-bond donors (Lipinski definition) is 2. The summed E-state index contributed by atoms with van der Waals surface area (Å²) in [6.45, 7) is 6.49. The minimum atomic E-state index is -0.605. The molecule has 5 nitrogen and oxygen atoms in total. The summed E-state index contributed by atoms with van der Waals surface area (Å²) < 4.78 is 0. The van der Waals surface area contributed by atoms with E-state index >= 15 is 0 Å². The monoisotopic (exact) mass is 399 g/mol. The predicted molar refractivity (Wildman–Crippen MR) is 115 cm³/mol. The third-order valence-corrected chi connectivity index (χ3v) is 6.10. The summed E-state index contributed by atoms with van der Waals surface area (Å²) in [5, 5.41) is 9.85. The lowest BCUT2D eigenvalue weighted by molar-refractivity contribution is -0.136. The minimum Gasteiger partial charge on any atom is -0.346 e. The number of piperidine rings is 1. The number of aryl methyl sites for hydroxylation is 2. The zero-order chi connectivity index (χ0) is 19.9. The fourth-order valence-electron chi connectivity index (χ4n) is 3.79. The molecule has 0 bridgehead atoms. The van der Waals surface area contributed by atoms with Crippen LogP contribution in [0.15, 0.2) is 35.0 Å². The fourth-order valence-corrected chi connectivity index (χ4v) is 4.50. The quantitative estimate of drug-likeness (QED) is 0.724. The molecule has 1 saturated heterocycles. The molecular weight excluding hydrogens is 370 g/mol. The van der Waals surface area contributed by atoms with Gasteiger partial charge in [0, 0.05) is 12.2 Å². The molecule has 6 heteroatoms. The van der Waals surface area contributed by atoms with E-state index in [4.69, 9.17) is 0 Å². The molecule has 1 aliphatic heterocycles. The van der Waals surface area contributed by atoms with Crippen molar-refractivity contribution in [2.24, 2.45) is 0 Å². The van der Waals surface area contributed by atoms with Crippen LogP contribution in [0.1, 0.15) is 48.9 Å². The van der Waals surface area contributed by atoms with Gasteiger partial charge in [0.25, 0.3) is 0 Å². The number of benzene rings is 1. The standard InChI is InChI=1S/C22H29N3O2S/c1-3-17-9-7-8-16(2)20(17)24-22(27)21(26)23-14-19(18-10-13-28-15-18)25-11-5-4-6-12-25/h7-10,13,15,19H,3-6,11-12,14H2,1-2H3,(H,23,26)(H,24,27). The van der Waals surface area contributed by atoms with Gasteiger partial charge in [-0.2, -0.15) is 11.3 Å². The second-order valence-corrected chi connectivity index (χ2v) is 8.08. The molecule has 1 aliphatic rings. The molecule has 1 aromatic heterocycles. The summed E-state index contributed by atoms with van der Waals surface area (Å²) in [4.78, 5) is 27.4. The Balaban J connectivity index is 1.63. The lowest BCUT2D eigenvalue weighted by Gasteiger charge is -2.34. The van der Waals surface area contributed by atoms with Crippen molar-refractivity contribution in [3.8, 4) is 0 Å². The van der Waals surface area contributed by atoms with Crippen LogP contribution in [-0.2, 0) is 16.0 Å². The highest BCUT2D eigenvalue weighted by Gasteiger charge is 2.24. The highest BCUT2D eigenvalue weighted by Crippen LogP contribution is 2.26. The summed E-state index contributed by atoms with van der Waals surface area (Å²) >= 11 is 1.66. The number of likely N-dealkylation sites (tertiary alicyclic amines) is 1. The van der Waals surface area contributed by atoms with Gasteiger partial charge in [-0.05, 0) is 72.8 Å². The lowest BCUT2D eigenvalue weighted by atomic mass is 10.0. The Labute approximate surface area is 171 Å². The van der Waals surface area contributed by atoms with Gasteiger partial charge in [0.2, 0.25) is 0 Å². The fraction of sp³-hybridized carbons (Fsp3) is 0.455. The topological polar surface area (TPSA) is 61.4 Å². The van der Waals surface area contributed by atoms with Crippen molar-refractivity contribution in [2.75, 3.05) is 25.0 Å². The maximum Gasteiger partial charge on any atom is 0.313 e. The van der Waals surface area contributed by atoms with Crippen molar-refractivity contribution in [1.29, 1.82) is 0 Å². The van der Waals surface area contributed by atoms with Gasteiger partial charge in [-0.1, -0.05) is 31.5 Å².